The van der Waals surface area contributed by atoms with Crippen molar-refractivity contribution in [3.05, 3.63) is 46.1 Å². The van der Waals surface area contributed by atoms with Gasteiger partial charge in [0.15, 0.2) is 0 Å². The monoisotopic (exact) mass is 290 g/mol. The molecular weight excluding hydrogens is 272 g/mol. The van der Waals surface area contributed by atoms with Crippen molar-refractivity contribution in [2.24, 2.45) is 0 Å². The minimum absolute atomic E-state index is 0.245. The fraction of sp³-hybridized carbons (Fsp3) is 0.400. The zero-order chi connectivity index (χ0) is 14.7. The van der Waals surface area contributed by atoms with Crippen LogP contribution in [0.15, 0.2) is 18.3 Å². The van der Waals surface area contributed by atoms with Crippen LogP contribution < -0.4 is 5.32 Å². The highest BCUT2D eigenvalue weighted by Crippen LogP contribution is 2.23. The van der Waals surface area contributed by atoms with E-state index in [2.05, 4.69) is 40.2 Å². The van der Waals surface area contributed by atoms with Crippen LogP contribution in [0.1, 0.15) is 42.4 Å². The van der Waals surface area contributed by atoms with Gasteiger partial charge in [0.05, 0.1) is 0 Å². The number of aromatic nitrogens is 3. The molecule has 0 aliphatic carbocycles. The van der Waals surface area contributed by atoms with Gasteiger partial charge in [-0.1, -0.05) is 31.5 Å². The maximum absolute atomic E-state index is 6.16. The molecule has 0 spiro atoms. The highest BCUT2D eigenvalue weighted by molar-refractivity contribution is 6.30. The van der Waals surface area contributed by atoms with Crippen LogP contribution in [0.5, 0.6) is 0 Å². The van der Waals surface area contributed by atoms with E-state index < -0.39 is 0 Å². The Balaban J connectivity index is 2.18. The number of pyridine rings is 1. The summed E-state index contributed by atoms with van der Waals surface area (Å²) in [5.41, 5.74) is 2.99. The maximum atomic E-state index is 6.16. The van der Waals surface area contributed by atoms with Crippen LogP contribution in [0.2, 0.25) is 5.15 Å². The third-order valence-electron chi connectivity index (χ3n) is 3.05. The highest BCUT2D eigenvalue weighted by atomic mass is 35.5. The number of nitrogens with one attached hydrogen (secondary N) is 1. The molecule has 2 aromatic heterocycles. The van der Waals surface area contributed by atoms with E-state index in [-0.39, 0.29) is 5.92 Å². The molecule has 0 atom stereocenters. The molecule has 0 unspecified atom stereocenters. The first-order chi connectivity index (χ1) is 9.47. The van der Waals surface area contributed by atoms with E-state index in [0.717, 1.165) is 28.5 Å². The highest BCUT2D eigenvalue weighted by Gasteiger charge is 2.11. The lowest BCUT2D eigenvalue weighted by Gasteiger charge is -2.13. The lowest BCUT2D eigenvalue weighted by atomic mass is 10.2. The third kappa shape index (κ3) is 3.45. The second kappa shape index (κ2) is 6.18. The first-order valence-electron chi connectivity index (χ1n) is 6.67. The van der Waals surface area contributed by atoms with Gasteiger partial charge in [-0.05, 0) is 25.5 Å². The summed E-state index contributed by atoms with van der Waals surface area (Å²) in [7, 11) is 0. The van der Waals surface area contributed by atoms with E-state index in [0.29, 0.717) is 11.7 Å². The van der Waals surface area contributed by atoms with Crippen LogP contribution in [-0.4, -0.2) is 15.0 Å². The van der Waals surface area contributed by atoms with Gasteiger partial charge in [0.2, 0.25) is 0 Å². The predicted molar refractivity (Wildman–Crippen MR) is 82.2 cm³/mol. The second-order valence-corrected chi connectivity index (χ2v) is 5.52. The molecule has 5 heteroatoms. The molecule has 0 saturated carbocycles. The van der Waals surface area contributed by atoms with E-state index in [9.17, 15) is 0 Å². The summed E-state index contributed by atoms with van der Waals surface area (Å²) in [5.74, 6) is 1.79. The number of hydrogen-bond donors (Lipinski definition) is 1. The van der Waals surface area contributed by atoms with Gasteiger partial charge >= 0.3 is 0 Å². The van der Waals surface area contributed by atoms with Gasteiger partial charge in [-0.3, -0.25) is 4.98 Å². The summed E-state index contributed by atoms with van der Waals surface area (Å²) in [6.07, 6.45) is 1.86. The summed E-state index contributed by atoms with van der Waals surface area (Å²) in [6.45, 7) is 8.66. The Labute approximate surface area is 124 Å². The van der Waals surface area contributed by atoms with Crippen molar-refractivity contribution in [2.75, 3.05) is 5.32 Å². The van der Waals surface area contributed by atoms with Crippen LogP contribution in [0.25, 0.3) is 0 Å². The van der Waals surface area contributed by atoms with Crippen LogP contribution >= 0.6 is 11.6 Å². The van der Waals surface area contributed by atoms with Crippen LogP contribution in [-0.2, 0) is 6.54 Å². The van der Waals surface area contributed by atoms with Gasteiger partial charge in [-0.25, -0.2) is 9.97 Å². The zero-order valence-corrected chi connectivity index (χ0v) is 13.0. The molecule has 0 saturated heterocycles. The normalized spacial score (nSPS) is 10.9. The standard InChI is InChI=1S/C15H19ClN4/c1-9(2)14-19-13(16)11(4)15(20-14)18-8-12-6-5-10(3)17-7-12/h5-7,9H,8H2,1-4H3,(H,18,19,20). The largest absolute Gasteiger partial charge is 0.366 e. The molecule has 0 fully saturated rings. The number of halogens is 1. The fourth-order valence-corrected chi connectivity index (χ4v) is 1.90. The van der Waals surface area contributed by atoms with Crippen molar-refractivity contribution in [3.8, 4) is 0 Å². The Hall–Kier alpha value is -1.68. The molecule has 0 aromatic carbocycles. The topological polar surface area (TPSA) is 50.7 Å². The Morgan fingerprint density at radius 1 is 1.20 bits per heavy atom. The summed E-state index contributed by atoms with van der Waals surface area (Å²) in [5, 5.41) is 3.82. The molecule has 0 amide bonds. The molecule has 2 rings (SSSR count). The molecule has 2 aromatic rings. The summed E-state index contributed by atoms with van der Waals surface area (Å²) < 4.78 is 0. The van der Waals surface area contributed by atoms with Crippen molar-refractivity contribution >= 4 is 17.4 Å². The minimum Gasteiger partial charge on any atom is -0.366 e. The molecular formula is C15H19ClN4. The van der Waals surface area contributed by atoms with Gasteiger partial charge in [0.1, 0.15) is 16.8 Å². The maximum Gasteiger partial charge on any atom is 0.137 e. The van der Waals surface area contributed by atoms with Crippen molar-refractivity contribution < 1.29 is 0 Å². The second-order valence-electron chi connectivity index (χ2n) is 5.16. The van der Waals surface area contributed by atoms with Gasteiger partial charge in [-0.15, -0.1) is 0 Å². The average molecular weight is 291 g/mol. The first kappa shape index (κ1) is 14.7. The van der Waals surface area contributed by atoms with Gasteiger partial charge in [0, 0.05) is 29.9 Å². The molecule has 0 radical (unpaired) electrons. The molecule has 0 aliphatic heterocycles. The van der Waals surface area contributed by atoms with Crippen molar-refractivity contribution in [1.82, 2.24) is 15.0 Å². The molecule has 20 heavy (non-hydrogen) atoms. The Bertz CT molecular complexity index is 594. The average Bonchev–Trinajstić information content (AvgIpc) is 2.42. The SMILES string of the molecule is Cc1ccc(CNc2nc(C(C)C)nc(Cl)c2C)cn1. The molecule has 4 nitrogen and oxygen atoms in total. The van der Waals surface area contributed by atoms with Gasteiger partial charge in [0.25, 0.3) is 0 Å². The summed E-state index contributed by atoms with van der Waals surface area (Å²) in [4.78, 5) is 13.1. The van der Waals surface area contributed by atoms with Crippen molar-refractivity contribution in [3.63, 3.8) is 0 Å². The Morgan fingerprint density at radius 2 is 1.95 bits per heavy atom. The summed E-state index contributed by atoms with van der Waals surface area (Å²) >= 11 is 6.16. The fourth-order valence-electron chi connectivity index (χ4n) is 1.72. The van der Waals surface area contributed by atoms with E-state index in [4.69, 9.17) is 11.6 Å². The number of aryl methyl sites for hydroxylation is 1. The first-order valence-corrected chi connectivity index (χ1v) is 7.04. The third-order valence-corrected chi connectivity index (χ3v) is 3.42. The lowest BCUT2D eigenvalue weighted by molar-refractivity contribution is 0.771. The van der Waals surface area contributed by atoms with Crippen LogP contribution in [0.4, 0.5) is 5.82 Å². The number of rotatable bonds is 4. The predicted octanol–water partition coefficient (Wildman–Crippen LogP) is 3.88. The van der Waals surface area contributed by atoms with Crippen molar-refractivity contribution in [2.45, 2.75) is 40.2 Å². The molecule has 1 N–H and O–H groups in total. The van der Waals surface area contributed by atoms with Gasteiger partial charge in [-0.2, -0.15) is 0 Å². The van der Waals surface area contributed by atoms with Crippen LogP contribution in [0.3, 0.4) is 0 Å². The van der Waals surface area contributed by atoms with E-state index in [1.54, 1.807) is 0 Å². The number of anilines is 1. The van der Waals surface area contributed by atoms with E-state index >= 15 is 0 Å². The molecule has 106 valence electrons. The Kier molecular flexibility index (Phi) is 4.55. The van der Waals surface area contributed by atoms with E-state index in [1.807, 2.05) is 26.1 Å². The van der Waals surface area contributed by atoms with Gasteiger partial charge < -0.3 is 5.32 Å². The minimum atomic E-state index is 0.245. The quantitative estimate of drug-likeness (QED) is 0.868. The van der Waals surface area contributed by atoms with Crippen LogP contribution in [0, 0.1) is 13.8 Å². The smallest absolute Gasteiger partial charge is 0.137 e. The lowest BCUT2D eigenvalue weighted by Crippen LogP contribution is -2.08. The molecule has 0 bridgehead atoms. The molecule has 2 heterocycles. The van der Waals surface area contributed by atoms with Crippen molar-refractivity contribution in [1.29, 1.82) is 0 Å². The Morgan fingerprint density at radius 3 is 2.55 bits per heavy atom. The number of hydrogen-bond acceptors (Lipinski definition) is 4. The molecule has 0 aliphatic rings. The number of nitrogens with zero attached hydrogens (tertiary/aromatic N) is 3. The zero-order valence-electron chi connectivity index (χ0n) is 12.2. The summed E-state index contributed by atoms with van der Waals surface area (Å²) in [6, 6.07) is 4.05. The van der Waals surface area contributed by atoms with E-state index in [1.165, 1.54) is 0 Å².